The first-order valence-electron chi connectivity index (χ1n) is 9.80. The number of carbonyl (C=O) groups excluding carboxylic acids is 1. The first-order chi connectivity index (χ1) is 13.2. The Hall–Kier alpha value is -2.20. The Morgan fingerprint density at radius 2 is 1.67 bits per heavy atom. The summed E-state index contributed by atoms with van der Waals surface area (Å²) >= 11 is 1.64. The highest BCUT2D eigenvalue weighted by molar-refractivity contribution is 8.05. The standard InChI is InChI=1S/C23H26N2OS/c1-17-10-8-9-15-20(17)25-22(26)21(16-18-11-4-2-5-12-18)27-23(25)24-19-13-6-3-7-14-19/h2-7,11-14,16-17,20,23-24H,8-10,15H2,1H3/b21-16-/t17-,20+,23?/m0/s1. The molecule has 140 valence electrons. The third kappa shape index (κ3) is 4.06. The summed E-state index contributed by atoms with van der Waals surface area (Å²) in [4.78, 5) is 16.3. The van der Waals surface area contributed by atoms with Crippen molar-refractivity contribution in [2.24, 2.45) is 5.92 Å². The topological polar surface area (TPSA) is 32.3 Å². The van der Waals surface area contributed by atoms with E-state index in [2.05, 4.69) is 29.3 Å². The van der Waals surface area contributed by atoms with Gasteiger partial charge in [0, 0.05) is 11.7 Å². The summed E-state index contributed by atoms with van der Waals surface area (Å²) in [6.07, 6.45) is 6.81. The van der Waals surface area contributed by atoms with Crippen molar-refractivity contribution in [3.05, 3.63) is 71.1 Å². The van der Waals surface area contributed by atoms with Crippen LogP contribution in [0.2, 0.25) is 0 Å². The lowest BCUT2D eigenvalue weighted by Gasteiger charge is -2.39. The van der Waals surface area contributed by atoms with Crippen LogP contribution in [0.1, 0.15) is 38.2 Å². The highest BCUT2D eigenvalue weighted by atomic mass is 32.2. The second-order valence-electron chi connectivity index (χ2n) is 7.44. The van der Waals surface area contributed by atoms with Gasteiger partial charge in [0.15, 0.2) is 5.50 Å². The molecule has 3 nitrogen and oxygen atoms in total. The number of para-hydroxylation sites is 1. The van der Waals surface area contributed by atoms with Gasteiger partial charge >= 0.3 is 0 Å². The van der Waals surface area contributed by atoms with E-state index in [9.17, 15) is 4.79 Å². The van der Waals surface area contributed by atoms with Crippen LogP contribution >= 0.6 is 11.8 Å². The molecule has 4 rings (SSSR count). The van der Waals surface area contributed by atoms with Crippen LogP contribution in [0.4, 0.5) is 5.69 Å². The molecule has 27 heavy (non-hydrogen) atoms. The zero-order chi connectivity index (χ0) is 18.6. The molecule has 2 aromatic carbocycles. The Bertz CT molecular complexity index is 806. The smallest absolute Gasteiger partial charge is 0.262 e. The van der Waals surface area contributed by atoms with Crippen LogP contribution in [0.3, 0.4) is 0 Å². The molecule has 0 spiro atoms. The number of thioether (sulfide) groups is 1. The molecule has 1 unspecified atom stereocenters. The first-order valence-corrected chi connectivity index (χ1v) is 10.7. The molecule has 1 saturated carbocycles. The number of hydrogen-bond acceptors (Lipinski definition) is 3. The Morgan fingerprint density at radius 3 is 2.37 bits per heavy atom. The zero-order valence-electron chi connectivity index (χ0n) is 15.7. The Morgan fingerprint density at radius 1 is 1.00 bits per heavy atom. The Kier molecular flexibility index (Phi) is 5.53. The van der Waals surface area contributed by atoms with Crippen LogP contribution in [-0.2, 0) is 4.79 Å². The van der Waals surface area contributed by atoms with E-state index in [0.29, 0.717) is 12.0 Å². The van der Waals surface area contributed by atoms with Gasteiger partial charge in [-0.3, -0.25) is 4.79 Å². The highest BCUT2D eigenvalue weighted by Gasteiger charge is 2.42. The van der Waals surface area contributed by atoms with Crippen molar-refractivity contribution in [3.63, 3.8) is 0 Å². The van der Waals surface area contributed by atoms with E-state index >= 15 is 0 Å². The van der Waals surface area contributed by atoms with E-state index in [-0.39, 0.29) is 11.4 Å². The largest absolute Gasteiger partial charge is 0.356 e. The van der Waals surface area contributed by atoms with Gasteiger partial charge in [0.25, 0.3) is 5.91 Å². The number of carbonyl (C=O) groups is 1. The van der Waals surface area contributed by atoms with Gasteiger partial charge in [0.05, 0.1) is 4.91 Å². The molecule has 4 heteroatoms. The van der Waals surface area contributed by atoms with Crippen LogP contribution in [0, 0.1) is 5.92 Å². The van der Waals surface area contributed by atoms with E-state index in [0.717, 1.165) is 22.6 Å². The molecule has 2 aromatic rings. The predicted octanol–water partition coefficient (Wildman–Crippen LogP) is 5.58. The minimum atomic E-state index is -0.0552. The number of nitrogens with one attached hydrogen (secondary N) is 1. The molecule has 0 bridgehead atoms. The molecule has 0 radical (unpaired) electrons. The van der Waals surface area contributed by atoms with E-state index in [1.165, 1.54) is 19.3 Å². The summed E-state index contributed by atoms with van der Waals surface area (Å²) in [7, 11) is 0. The summed E-state index contributed by atoms with van der Waals surface area (Å²) in [5, 5.41) is 3.58. The molecule has 0 aromatic heterocycles. The molecule has 1 aliphatic carbocycles. The minimum absolute atomic E-state index is 0.0552. The van der Waals surface area contributed by atoms with Gasteiger partial charge in [-0.05, 0) is 42.5 Å². The molecule has 1 N–H and O–H groups in total. The molecule has 2 fully saturated rings. The number of benzene rings is 2. The lowest BCUT2D eigenvalue weighted by atomic mass is 9.85. The molecule has 1 heterocycles. The van der Waals surface area contributed by atoms with Crippen molar-refractivity contribution in [1.82, 2.24) is 4.90 Å². The third-order valence-corrected chi connectivity index (χ3v) is 6.64. The highest BCUT2D eigenvalue weighted by Crippen LogP contribution is 2.42. The predicted molar refractivity (Wildman–Crippen MR) is 114 cm³/mol. The van der Waals surface area contributed by atoms with Crippen molar-refractivity contribution in [1.29, 1.82) is 0 Å². The SMILES string of the molecule is C[C@H]1CCCC[C@H]1N1C(=O)/C(=C/c2ccccc2)SC1Nc1ccccc1. The monoisotopic (exact) mass is 378 g/mol. The van der Waals surface area contributed by atoms with E-state index in [1.54, 1.807) is 11.8 Å². The summed E-state index contributed by atoms with van der Waals surface area (Å²) < 4.78 is 0. The number of nitrogens with zero attached hydrogens (tertiary/aromatic N) is 1. The number of amides is 1. The Labute approximate surface area is 165 Å². The maximum Gasteiger partial charge on any atom is 0.262 e. The van der Waals surface area contributed by atoms with Crippen LogP contribution < -0.4 is 5.32 Å². The van der Waals surface area contributed by atoms with Gasteiger partial charge in [-0.25, -0.2) is 0 Å². The number of anilines is 1. The second-order valence-corrected chi connectivity index (χ2v) is 8.56. The van der Waals surface area contributed by atoms with Crippen molar-refractivity contribution < 1.29 is 4.79 Å². The van der Waals surface area contributed by atoms with Crippen molar-refractivity contribution >= 4 is 29.4 Å². The van der Waals surface area contributed by atoms with Gasteiger partial charge in [-0.15, -0.1) is 0 Å². The Balaban J connectivity index is 1.64. The van der Waals surface area contributed by atoms with E-state index < -0.39 is 0 Å². The van der Waals surface area contributed by atoms with Gasteiger partial charge in [0.2, 0.25) is 0 Å². The van der Waals surface area contributed by atoms with Crippen molar-refractivity contribution in [2.45, 2.75) is 44.1 Å². The molecular weight excluding hydrogens is 352 g/mol. The van der Waals surface area contributed by atoms with Crippen molar-refractivity contribution in [2.75, 3.05) is 5.32 Å². The summed E-state index contributed by atoms with van der Waals surface area (Å²) in [5.41, 5.74) is 2.07. The normalized spacial score (nSPS) is 27.1. The average molecular weight is 379 g/mol. The minimum Gasteiger partial charge on any atom is -0.356 e. The van der Waals surface area contributed by atoms with Crippen LogP contribution in [0.5, 0.6) is 0 Å². The van der Waals surface area contributed by atoms with E-state index in [1.807, 2.05) is 54.6 Å². The summed E-state index contributed by atoms with van der Waals surface area (Å²) in [5.74, 6) is 0.704. The van der Waals surface area contributed by atoms with E-state index in [4.69, 9.17) is 0 Å². The zero-order valence-corrected chi connectivity index (χ0v) is 16.5. The van der Waals surface area contributed by atoms with Crippen LogP contribution in [0.25, 0.3) is 6.08 Å². The maximum atomic E-state index is 13.4. The summed E-state index contributed by atoms with van der Waals surface area (Å²) in [6, 6.07) is 20.6. The third-order valence-electron chi connectivity index (χ3n) is 5.52. The average Bonchev–Trinajstić information content (AvgIpc) is 2.99. The van der Waals surface area contributed by atoms with Gasteiger partial charge < -0.3 is 10.2 Å². The number of hydrogen-bond donors (Lipinski definition) is 1. The molecule has 1 amide bonds. The fourth-order valence-corrected chi connectivity index (χ4v) is 5.28. The quantitative estimate of drug-likeness (QED) is 0.705. The molecule has 1 saturated heterocycles. The fourth-order valence-electron chi connectivity index (χ4n) is 4.07. The van der Waals surface area contributed by atoms with Crippen molar-refractivity contribution in [3.8, 4) is 0 Å². The summed E-state index contributed by atoms with van der Waals surface area (Å²) in [6.45, 7) is 2.29. The van der Waals surface area contributed by atoms with Gasteiger partial charge in [-0.1, -0.05) is 80.1 Å². The molecule has 3 atom stereocenters. The second kappa shape index (κ2) is 8.22. The molecular formula is C23H26N2OS. The van der Waals surface area contributed by atoms with Crippen LogP contribution in [-0.4, -0.2) is 22.3 Å². The maximum absolute atomic E-state index is 13.4. The fraction of sp³-hybridized carbons (Fsp3) is 0.348. The number of rotatable bonds is 4. The first kappa shape index (κ1) is 18.2. The molecule has 1 aliphatic heterocycles. The van der Waals surface area contributed by atoms with Gasteiger partial charge in [-0.2, -0.15) is 0 Å². The van der Waals surface area contributed by atoms with Gasteiger partial charge in [0.1, 0.15) is 0 Å². The lowest BCUT2D eigenvalue weighted by molar-refractivity contribution is -0.129. The lowest BCUT2D eigenvalue weighted by Crippen LogP contribution is -2.48. The van der Waals surface area contributed by atoms with Crippen LogP contribution in [0.15, 0.2) is 65.6 Å². The molecule has 2 aliphatic rings.